The topological polar surface area (TPSA) is 278 Å². The van der Waals surface area contributed by atoms with Crippen LogP contribution in [0.15, 0.2) is 0 Å². The molecule has 0 aromatic rings. The van der Waals surface area contributed by atoms with Crippen molar-refractivity contribution in [2.24, 2.45) is 0 Å². The normalized spacial score (nSPS) is 49.0. The second-order valence-electron chi connectivity index (χ2n) is 9.07. The van der Waals surface area contributed by atoms with E-state index in [1.165, 1.54) is 0 Å². The van der Waals surface area contributed by atoms with Crippen molar-refractivity contribution >= 4 is 5.91 Å². The molecule has 0 bridgehead atoms. The highest BCUT2D eigenvalue weighted by molar-refractivity contribution is 5.73. The molecular weight excluding hydrogens is 510 g/mol. The highest BCUT2D eigenvalue weighted by atomic mass is 16.7. The number of aliphatic hydroxyl groups is 10. The molecule has 17 nitrogen and oxygen atoms in total. The summed E-state index contributed by atoms with van der Waals surface area (Å²) in [6.07, 6.45) is -23.5. The van der Waals surface area contributed by atoms with Crippen LogP contribution >= 0.6 is 0 Å². The van der Waals surface area contributed by atoms with Crippen LogP contribution < -0.4 is 5.32 Å². The molecule has 216 valence electrons. The zero-order valence-electron chi connectivity index (χ0n) is 19.7. The van der Waals surface area contributed by atoms with Crippen LogP contribution in [0.25, 0.3) is 0 Å². The Hall–Kier alpha value is -1.13. The first-order valence-corrected chi connectivity index (χ1v) is 11.6. The van der Waals surface area contributed by atoms with Crippen LogP contribution in [0, 0.1) is 0 Å². The molecule has 3 heterocycles. The molecule has 0 aliphatic carbocycles. The van der Waals surface area contributed by atoms with Crippen molar-refractivity contribution in [2.75, 3.05) is 19.8 Å². The summed E-state index contributed by atoms with van der Waals surface area (Å²) in [6, 6.07) is -1.41. The number of hydrogen-bond acceptors (Lipinski definition) is 16. The third-order valence-corrected chi connectivity index (χ3v) is 6.50. The standard InChI is InChI=1S/C20H35NO16/c1-5(25)21-9-16(11(27)7(3-23)33-18(9)32)36-20-15(31)17(12(28)8(4-24)35-20)37-19-14(30)13(29)10(26)6(2-22)34-19/h6-20,22-24,26-32H,2-4H2,1H3,(H,21,25)/t6-,7-,8-,9-,10+,11+,12+,13+,14-,15-,16-,17+,18-,19-,20+/m1/s1. The maximum absolute atomic E-state index is 11.6. The zero-order chi connectivity index (χ0) is 27.6. The van der Waals surface area contributed by atoms with Gasteiger partial charge in [-0.3, -0.25) is 4.79 Å². The van der Waals surface area contributed by atoms with Crippen molar-refractivity contribution in [2.45, 2.75) is 99.0 Å². The summed E-state index contributed by atoms with van der Waals surface area (Å²) in [5.41, 5.74) is 0. The third-order valence-electron chi connectivity index (χ3n) is 6.50. The summed E-state index contributed by atoms with van der Waals surface area (Å²) in [5, 5.41) is 103. The Labute approximate surface area is 210 Å². The number of aliphatic hydroxyl groups excluding tert-OH is 10. The molecule has 0 aromatic carbocycles. The maximum Gasteiger partial charge on any atom is 0.217 e. The Morgan fingerprint density at radius 1 is 0.649 bits per heavy atom. The quantitative estimate of drug-likeness (QED) is 0.135. The van der Waals surface area contributed by atoms with Gasteiger partial charge in [-0.2, -0.15) is 0 Å². The monoisotopic (exact) mass is 545 g/mol. The lowest BCUT2D eigenvalue weighted by molar-refractivity contribution is -0.373. The van der Waals surface area contributed by atoms with E-state index in [0.717, 1.165) is 6.92 Å². The van der Waals surface area contributed by atoms with Gasteiger partial charge < -0.3 is 80.1 Å². The molecule has 0 spiro atoms. The fourth-order valence-electron chi connectivity index (χ4n) is 4.45. The number of nitrogens with one attached hydrogen (secondary N) is 1. The molecule has 0 radical (unpaired) electrons. The van der Waals surface area contributed by atoms with Crippen LogP contribution in [0.5, 0.6) is 0 Å². The summed E-state index contributed by atoms with van der Waals surface area (Å²) in [6.45, 7) is -1.23. The molecule has 11 N–H and O–H groups in total. The predicted molar refractivity (Wildman–Crippen MR) is 113 cm³/mol. The molecule has 3 rings (SSSR count). The molecule has 0 saturated carbocycles. The average molecular weight is 545 g/mol. The van der Waals surface area contributed by atoms with E-state index < -0.39 is 118 Å². The summed E-state index contributed by atoms with van der Waals surface area (Å²) >= 11 is 0. The van der Waals surface area contributed by atoms with E-state index in [1.54, 1.807) is 0 Å². The molecule has 1 amide bonds. The van der Waals surface area contributed by atoms with E-state index in [9.17, 15) is 55.9 Å². The van der Waals surface area contributed by atoms with Crippen molar-refractivity contribution in [1.82, 2.24) is 5.32 Å². The fourth-order valence-corrected chi connectivity index (χ4v) is 4.45. The largest absolute Gasteiger partial charge is 0.394 e. The van der Waals surface area contributed by atoms with Gasteiger partial charge >= 0.3 is 0 Å². The molecular formula is C20H35NO16. The smallest absolute Gasteiger partial charge is 0.217 e. The first kappa shape index (κ1) is 30.4. The lowest BCUT2D eigenvalue weighted by atomic mass is 9.95. The molecule has 3 aliphatic rings. The Morgan fingerprint density at radius 3 is 1.65 bits per heavy atom. The summed E-state index contributed by atoms with van der Waals surface area (Å²) in [7, 11) is 0. The Bertz CT molecular complexity index is 745. The van der Waals surface area contributed by atoms with Crippen LogP contribution in [-0.4, -0.2) is 169 Å². The first-order valence-electron chi connectivity index (χ1n) is 11.6. The van der Waals surface area contributed by atoms with E-state index in [1.807, 2.05) is 0 Å². The van der Waals surface area contributed by atoms with Gasteiger partial charge in [0.2, 0.25) is 5.91 Å². The van der Waals surface area contributed by atoms with Gasteiger partial charge in [0.15, 0.2) is 18.9 Å². The highest BCUT2D eigenvalue weighted by Gasteiger charge is 2.53. The van der Waals surface area contributed by atoms with E-state index in [4.69, 9.17) is 23.7 Å². The first-order chi connectivity index (χ1) is 17.4. The molecule has 3 aliphatic heterocycles. The minimum Gasteiger partial charge on any atom is -0.394 e. The Balaban J connectivity index is 1.83. The van der Waals surface area contributed by atoms with Crippen LogP contribution in [0.4, 0.5) is 0 Å². The van der Waals surface area contributed by atoms with Crippen molar-refractivity contribution in [3.63, 3.8) is 0 Å². The number of ether oxygens (including phenoxy) is 5. The van der Waals surface area contributed by atoms with Crippen molar-refractivity contribution in [1.29, 1.82) is 0 Å². The lowest BCUT2D eigenvalue weighted by Gasteiger charge is -2.48. The van der Waals surface area contributed by atoms with Crippen molar-refractivity contribution in [3.05, 3.63) is 0 Å². The minimum absolute atomic E-state index is 0.645. The van der Waals surface area contributed by atoms with Gasteiger partial charge in [-0.15, -0.1) is 0 Å². The van der Waals surface area contributed by atoms with Gasteiger partial charge in [0.05, 0.1) is 19.8 Å². The van der Waals surface area contributed by atoms with Crippen molar-refractivity contribution in [3.8, 4) is 0 Å². The average Bonchev–Trinajstić information content (AvgIpc) is 2.86. The number of carbonyl (C=O) groups is 1. The summed E-state index contributed by atoms with van der Waals surface area (Å²) in [5.74, 6) is -0.645. The fraction of sp³-hybridized carbons (Fsp3) is 0.950. The van der Waals surface area contributed by atoms with Crippen LogP contribution in [0.2, 0.25) is 0 Å². The summed E-state index contributed by atoms with van der Waals surface area (Å²) < 4.78 is 26.9. The van der Waals surface area contributed by atoms with Gasteiger partial charge in [-0.25, -0.2) is 0 Å². The number of hydrogen-bond donors (Lipinski definition) is 11. The molecule has 37 heavy (non-hydrogen) atoms. The van der Waals surface area contributed by atoms with Crippen molar-refractivity contribution < 1.29 is 79.5 Å². The second-order valence-corrected chi connectivity index (χ2v) is 9.07. The van der Waals surface area contributed by atoms with Gasteiger partial charge in [-0.1, -0.05) is 0 Å². The molecule has 3 saturated heterocycles. The Kier molecular flexibility index (Phi) is 10.5. The van der Waals surface area contributed by atoms with Crippen LogP contribution in [0.1, 0.15) is 6.92 Å². The molecule has 17 heteroatoms. The van der Waals surface area contributed by atoms with Gasteiger partial charge in [0.1, 0.15) is 73.2 Å². The molecule has 0 unspecified atom stereocenters. The van der Waals surface area contributed by atoms with Gasteiger partial charge in [0.25, 0.3) is 0 Å². The summed E-state index contributed by atoms with van der Waals surface area (Å²) in [4.78, 5) is 11.6. The van der Waals surface area contributed by atoms with Crippen LogP contribution in [-0.2, 0) is 28.5 Å². The van der Waals surface area contributed by atoms with E-state index in [2.05, 4.69) is 5.32 Å². The molecule has 0 aromatic heterocycles. The van der Waals surface area contributed by atoms with E-state index in [0.29, 0.717) is 0 Å². The second kappa shape index (κ2) is 12.8. The number of rotatable bonds is 8. The molecule has 3 fully saturated rings. The number of amides is 1. The van der Waals surface area contributed by atoms with Gasteiger partial charge in [-0.05, 0) is 0 Å². The van der Waals surface area contributed by atoms with Crippen LogP contribution in [0.3, 0.4) is 0 Å². The molecule has 15 atom stereocenters. The maximum atomic E-state index is 11.6. The highest BCUT2D eigenvalue weighted by Crippen LogP contribution is 2.32. The van der Waals surface area contributed by atoms with Gasteiger partial charge in [0, 0.05) is 6.92 Å². The SMILES string of the molecule is CC(=O)N[C@@H]1[C@@H](O[C@@H]2O[C@H](CO)[C@H](O)[C@H](O[C@H]3O[C@H](CO)[C@H](O)[C@H](O)[C@H]3O)[C@H]2O)[C@@H](O)[C@@H](CO)O[C@H]1O. The predicted octanol–water partition coefficient (Wildman–Crippen LogP) is -7.43. The minimum atomic E-state index is -1.93. The van der Waals surface area contributed by atoms with E-state index >= 15 is 0 Å². The zero-order valence-corrected chi connectivity index (χ0v) is 19.7. The van der Waals surface area contributed by atoms with E-state index in [-0.39, 0.29) is 0 Å². The lowest BCUT2D eigenvalue weighted by Crippen LogP contribution is -2.68. The third kappa shape index (κ3) is 6.38. The Morgan fingerprint density at radius 2 is 1.11 bits per heavy atom. The number of carbonyl (C=O) groups excluding carboxylic acids is 1.